The Balaban J connectivity index is 1.53. The number of H-pyrrole nitrogens is 1. The maximum Gasteiger partial charge on any atom is 0.271 e. The average molecular weight is 342 g/mol. The van der Waals surface area contributed by atoms with E-state index >= 15 is 0 Å². The molecule has 7 nitrogen and oxygen atoms in total. The van der Waals surface area contributed by atoms with Gasteiger partial charge in [0.05, 0.1) is 23.9 Å². The number of amides is 1. The lowest BCUT2D eigenvalue weighted by Crippen LogP contribution is -2.69. The summed E-state index contributed by atoms with van der Waals surface area (Å²) in [5, 5.41) is 5.99. The van der Waals surface area contributed by atoms with Gasteiger partial charge < -0.3 is 15.0 Å². The molecule has 1 aliphatic carbocycles. The topological polar surface area (TPSA) is 79.4 Å². The second-order valence-electron chi connectivity index (χ2n) is 6.92. The summed E-state index contributed by atoms with van der Waals surface area (Å²) < 4.78 is 7.15. The van der Waals surface area contributed by atoms with Gasteiger partial charge in [0, 0.05) is 18.6 Å². The molecule has 7 heteroatoms. The van der Waals surface area contributed by atoms with E-state index in [9.17, 15) is 9.59 Å². The largest absolute Gasteiger partial charge is 0.376 e. The maximum atomic E-state index is 12.6. The number of aromatic nitrogens is 2. The van der Waals surface area contributed by atoms with Crippen molar-refractivity contribution in [2.45, 2.75) is 24.6 Å². The van der Waals surface area contributed by atoms with Gasteiger partial charge in [-0.3, -0.25) is 14.7 Å². The van der Waals surface area contributed by atoms with Crippen molar-refractivity contribution in [1.29, 1.82) is 0 Å². The summed E-state index contributed by atoms with van der Waals surface area (Å²) >= 11 is 0. The highest BCUT2D eigenvalue weighted by atomic mass is 16.5. The van der Waals surface area contributed by atoms with Crippen LogP contribution in [0, 0.1) is 5.92 Å². The number of carbonyl (C=O) groups excluding carboxylic acids is 1. The molecule has 0 unspecified atom stereocenters. The highest BCUT2D eigenvalue weighted by Crippen LogP contribution is 2.41. The SMILES string of the molecule is CN(C)[C@H]1[C@H](NC(=O)c2cc(=O)n(-c3ccccc3)[nH]2)[C@@H]2CCO[C@@H]21. The van der Waals surface area contributed by atoms with Crippen LogP contribution in [0.15, 0.2) is 41.2 Å². The number of rotatable bonds is 4. The fraction of sp³-hybridized carbons (Fsp3) is 0.444. The van der Waals surface area contributed by atoms with Crippen molar-refractivity contribution in [2.24, 2.45) is 5.92 Å². The Morgan fingerprint density at radius 2 is 2.08 bits per heavy atom. The number of carbonyl (C=O) groups is 1. The van der Waals surface area contributed by atoms with E-state index in [2.05, 4.69) is 15.3 Å². The van der Waals surface area contributed by atoms with Gasteiger partial charge in [0.15, 0.2) is 0 Å². The third-order valence-electron chi connectivity index (χ3n) is 5.22. The molecule has 1 amide bonds. The minimum atomic E-state index is -0.256. The molecule has 0 radical (unpaired) electrons. The predicted octanol–water partition coefficient (Wildman–Crippen LogP) is 0.613. The van der Waals surface area contributed by atoms with Crippen molar-refractivity contribution in [1.82, 2.24) is 20.0 Å². The number of para-hydroxylation sites is 1. The quantitative estimate of drug-likeness (QED) is 0.853. The molecule has 1 saturated carbocycles. The Kier molecular flexibility index (Phi) is 3.97. The molecule has 25 heavy (non-hydrogen) atoms. The molecule has 132 valence electrons. The lowest BCUT2D eigenvalue weighted by Gasteiger charge is -2.50. The summed E-state index contributed by atoms with van der Waals surface area (Å²) in [5.41, 5.74) is 0.718. The van der Waals surface area contributed by atoms with Crippen LogP contribution < -0.4 is 10.9 Å². The van der Waals surface area contributed by atoms with E-state index in [1.165, 1.54) is 10.7 Å². The molecule has 2 heterocycles. The predicted molar refractivity (Wildman–Crippen MR) is 93.0 cm³/mol. The van der Waals surface area contributed by atoms with Gasteiger partial charge in [-0.1, -0.05) is 18.2 Å². The van der Waals surface area contributed by atoms with Crippen LogP contribution in [-0.2, 0) is 4.74 Å². The minimum Gasteiger partial charge on any atom is -0.376 e. The number of likely N-dealkylation sites (N-methyl/N-ethyl adjacent to an activating group) is 1. The molecule has 1 aliphatic heterocycles. The van der Waals surface area contributed by atoms with Gasteiger partial charge in [-0.05, 0) is 32.6 Å². The number of aromatic amines is 1. The van der Waals surface area contributed by atoms with Crippen molar-refractivity contribution in [3.63, 3.8) is 0 Å². The van der Waals surface area contributed by atoms with E-state index in [0.29, 0.717) is 11.6 Å². The molecule has 2 fully saturated rings. The van der Waals surface area contributed by atoms with Gasteiger partial charge in [-0.25, -0.2) is 4.68 Å². The Bertz CT molecular complexity index is 826. The lowest BCUT2D eigenvalue weighted by molar-refractivity contribution is -0.0664. The third kappa shape index (κ3) is 2.69. The summed E-state index contributed by atoms with van der Waals surface area (Å²) in [6, 6.07) is 10.7. The summed E-state index contributed by atoms with van der Waals surface area (Å²) in [7, 11) is 3.99. The number of fused-ring (bicyclic) bond motifs is 1. The lowest BCUT2D eigenvalue weighted by atomic mass is 9.71. The van der Waals surface area contributed by atoms with Crippen molar-refractivity contribution in [2.75, 3.05) is 20.7 Å². The van der Waals surface area contributed by atoms with Crippen LogP contribution in [0.3, 0.4) is 0 Å². The maximum absolute atomic E-state index is 12.6. The molecular formula is C18H22N4O3. The molecule has 1 saturated heterocycles. The van der Waals surface area contributed by atoms with Crippen LogP contribution in [0.2, 0.25) is 0 Å². The number of hydrogen-bond donors (Lipinski definition) is 2. The standard InChI is InChI=1S/C18H22N4O3/c1-21(2)16-15(12-8-9-25-17(12)16)19-18(24)13-10-14(23)22(20-13)11-6-4-3-5-7-11/h3-7,10,12,15-17,20H,8-9H2,1-2H3,(H,19,24)/t12-,15+,16-,17-/m0/s1. The van der Waals surface area contributed by atoms with E-state index in [0.717, 1.165) is 13.0 Å². The van der Waals surface area contributed by atoms with Crippen molar-refractivity contribution in [3.05, 3.63) is 52.4 Å². The molecule has 1 aromatic carbocycles. The first kappa shape index (κ1) is 16.1. The highest BCUT2D eigenvalue weighted by molar-refractivity contribution is 5.92. The van der Waals surface area contributed by atoms with E-state index < -0.39 is 0 Å². The normalized spacial score (nSPS) is 27.8. The molecule has 0 spiro atoms. The van der Waals surface area contributed by atoms with Crippen molar-refractivity contribution in [3.8, 4) is 5.69 Å². The van der Waals surface area contributed by atoms with Crippen LogP contribution in [0.5, 0.6) is 0 Å². The summed E-state index contributed by atoms with van der Waals surface area (Å²) in [6.07, 6.45) is 1.15. The van der Waals surface area contributed by atoms with Crippen LogP contribution in [0.25, 0.3) is 5.69 Å². The van der Waals surface area contributed by atoms with E-state index in [-0.39, 0.29) is 35.3 Å². The number of hydrogen-bond acceptors (Lipinski definition) is 4. The average Bonchev–Trinajstić information content (AvgIpc) is 3.17. The molecular weight excluding hydrogens is 320 g/mol. The second kappa shape index (κ2) is 6.16. The van der Waals surface area contributed by atoms with Gasteiger partial charge in [-0.2, -0.15) is 0 Å². The Hall–Kier alpha value is -2.38. The monoisotopic (exact) mass is 342 g/mol. The van der Waals surface area contributed by atoms with Gasteiger partial charge in [0.1, 0.15) is 5.69 Å². The molecule has 2 N–H and O–H groups in total. The number of nitrogens with zero attached hydrogens (tertiary/aromatic N) is 2. The fourth-order valence-electron chi connectivity index (χ4n) is 3.99. The zero-order valence-corrected chi connectivity index (χ0v) is 14.3. The zero-order chi connectivity index (χ0) is 17.6. The highest BCUT2D eigenvalue weighted by Gasteiger charge is 2.55. The number of ether oxygens (including phenoxy) is 1. The summed E-state index contributed by atoms with van der Waals surface area (Å²) in [6.45, 7) is 0.743. The third-order valence-corrected chi connectivity index (χ3v) is 5.22. The molecule has 0 bridgehead atoms. The number of benzene rings is 1. The first-order chi connectivity index (χ1) is 12.1. The Morgan fingerprint density at radius 3 is 2.80 bits per heavy atom. The zero-order valence-electron chi connectivity index (χ0n) is 14.3. The molecule has 2 aromatic rings. The van der Waals surface area contributed by atoms with Crippen LogP contribution in [-0.4, -0.2) is 59.5 Å². The van der Waals surface area contributed by atoms with E-state index in [1.54, 1.807) is 0 Å². The molecule has 1 aromatic heterocycles. The fourth-order valence-corrected chi connectivity index (χ4v) is 3.99. The van der Waals surface area contributed by atoms with E-state index in [4.69, 9.17) is 4.74 Å². The minimum absolute atomic E-state index is 0.0403. The van der Waals surface area contributed by atoms with E-state index in [1.807, 2.05) is 44.4 Å². The van der Waals surface area contributed by atoms with Crippen LogP contribution in [0.4, 0.5) is 0 Å². The summed E-state index contributed by atoms with van der Waals surface area (Å²) in [4.78, 5) is 26.9. The molecule has 4 atom stereocenters. The molecule has 2 aliphatic rings. The Labute approximate surface area is 145 Å². The van der Waals surface area contributed by atoms with Crippen molar-refractivity contribution < 1.29 is 9.53 Å². The first-order valence-corrected chi connectivity index (χ1v) is 8.52. The second-order valence-corrected chi connectivity index (χ2v) is 6.92. The Morgan fingerprint density at radius 1 is 1.32 bits per heavy atom. The van der Waals surface area contributed by atoms with Gasteiger partial charge in [0.25, 0.3) is 11.5 Å². The van der Waals surface area contributed by atoms with Crippen molar-refractivity contribution >= 4 is 5.91 Å². The van der Waals surface area contributed by atoms with Crippen LogP contribution in [0.1, 0.15) is 16.9 Å². The van der Waals surface area contributed by atoms with Gasteiger partial charge in [0.2, 0.25) is 0 Å². The van der Waals surface area contributed by atoms with Crippen LogP contribution >= 0.6 is 0 Å². The molecule has 4 rings (SSSR count). The van der Waals surface area contributed by atoms with Gasteiger partial charge >= 0.3 is 0 Å². The first-order valence-electron chi connectivity index (χ1n) is 8.52. The summed E-state index contributed by atoms with van der Waals surface area (Å²) in [5.74, 6) is 0.0910. The van der Waals surface area contributed by atoms with Gasteiger partial charge in [-0.15, -0.1) is 0 Å². The smallest absolute Gasteiger partial charge is 0.271 e. The number of nitrogens with one attached hydrogen (secondary N) is 2.